The lowest BCUT2D eigenvalue weighted by atomic mass is 10.1. The van der Waals surface area contributed by atoms with Gasteiger partial charge in [-0.1, -0.05) is 19.8 Å². The van der Waals surface area contributed by atoms with Crippen molar-refractivity contribution in [1.29, 1.82) is 0 Å². The van der Waals surface area contributed by atoms with Gasteiger partial charge in [-0.15, -0.1) is 0 Å². The van der Waals surface area contributed by atoms with Gasteiger partial charge in [0.15, 0.2) is 0 Å². The highest BCUT2D eigenvalue weighted by molar-refractivity contribution is 5.85. The molecule has 2 unspecified atom stereocenters. The van der Waals surface area contributed by atoms with Crippen molar-refractivity contribution in [3.05, 3.63) is 0 Å². The van der Waals surface area contributed by atoms with Crippen LogP contribution in [0.5, 0.6) is 0 Å². The fraction of sp³-hybridized carbons (Fsp3) is 0.720. The fourth-order valence-corrected chi connectivity index (χ4v) is 3.40. The van der Waals surface area contributed by atoms with Gasteiger partial charge >= 0.3 is 11.9 Å². The minimum absolute atomic E-state index is 0.0690. The molecule has 39 heavy (non-hydrogen) atoms. The molecule has 14 nitrogen and oxygen atoms in total. The Labute approximate surface area is 228 Å². The van der Waals surface area contributed by atoms with Crippen LogP contribution in [0.3, 0.4) is 0 Å². The molecule has 0 radical (unpaired) electrons. The van der Waals surface area contributed by atoms with Gasteiger partial charge in [0, 0.05) is 52.2 Å². The maximum absolute atomic E-state index is 12.1. The summed E-state index contributed by atoms with van der Waals surface area (Å²) < 4.78 is 0. The zero-order valence-electron chi connectivity index (χ0n) is 22.8. The third-order valence-electron chi connectivity index (χ3n) is 5.54. The summed E-state index contributed by atoms with van der Waals surface area (Å²) in [4.78, 5) is 81.2. The Hall–Kier alpha value is -3.71. The van der Waals surface area contributed by atoms with Crippen molar-refractivity contribution in [3.8, 4) is 0 Å². The molecule has 0 aliphatic rings. The number of carbonyl (C=O) groups excluding carboxylic acids is 5. The summed E-state index contributed by atoms with van der Waals surface area (Å²) in [6.07, 6.45) is 3.46. The molecule has 0 saturated heterocycles. The standard InChI is InChI=1S/C25H43N5O9/c1-3-4-5-14-26-20(32)8-6-15-27-22(34)13-11-19(25(38)39)30-23(35)9-7-16-28-21(33)12-10-18(24(36)37)29-17(2)31/h18-19H,3-16H2,1-2H3,(H,26,32)(H,27,34)(H,28,33)(H,29,31)(H,30,35)(H,36,37)(H,38,39). The first kappa shape index (κ1) is 35.3. The van der Waals surface area contributed by atoms with Gasteiger partial charge in [0.1, 0.15) is 12.1 Å². The second-order valence-corrected chi connectivity index (χ2v) is 9.09. The second-order valence-electron chi connectivity index (χ2n) is 9.09. The van der Waals surface area contributed by atoms with E-state index in [9.17, 15) is 38.7 Å². The zero-order chi connectivity index (χ0) is 29.6. The Balaban J connectivity index is 4.14. The molecule has 7 N–H and O–H groups in total. The van der Waals surface area contributed by atoms with Crippen LogP contribution in [0.25, 0.3) is 0 Å². The van der Waals surface area contributed by atoms with Crippen LogP contribution in [-0.2, 0) is 33.6 Å². The van der Waals surface area contributed by atoms with E-state index in [4.69, 9.17) is 5.11 Å². The van der Waals surface area contributed by atoms with E-state index in [1.807, 2.05) is 0 Å². The molecule has 0 rings (SSSR count). The van der Waals surface area contributed by atoms with Gasteiger partial charge < -0.3 is 36.8 Å². The third-order valence-corrected chi connectivity index (χ3v) is 5.54. The molecule has 0 aromatic rings. The molecule has 0 aliphatic heterocycles. The lowest BCUT2D eigenvalue weighted by Crippen LogP contribution is -2.42. The first-order valence-electron chi connectivity index (χ1n) is 13.3. The Kier molecular flexibility index (Phi) is 19.2. The lowest BCUT2D eigenvalue weighted by molar-refractivity contribution is -0.142. The molecule has 0 bridgehead atoms. The molecule has 222 valence electrons. The average molecular weight is 558 g/mol. The number of carbonyl (C=O) groups is 7. The third kappa shape index (κ3) is 20.0. The van der Waals surface area contributed by atoms with Gasteiger partial charge in [-0.3, -0.25) is 24.0 Å². The maximum Gasteiger partial charge on any atom is 0.326 e. The van der Waals surface area contributed by atoms with Gasteiger partial charge in [-0.25, -0.2) is 9.59 Å². The average Bonchev–Trinajstić information content (AvgIpc) is 2.86. The molecule has 0 saturated carbocycles. The monoisotopic (exact) mass is 557 g/mol. The predicted molar refractivity (Wildman–Crippen MR) is 140 cm³/mol. The number of carboxylic acid groups (broad SMARTS) is 2. The number of nitrogens with one attached hydrogen (secondary N) is 5. The molecular weight excluding hydrogens is 514 g/mol. The summed E-state index contributed by atoms with van der Waals surface area (Å²) in [7, 11) is 0. The van der Waals surface area contributed by atoms with Gasteiger partial charge in [0.05, 0.1) is 0 Å². The van der Waals surface area contributed by atoms with Crippen LogP contribution in [0, 0.1) is 0 Å². The highest BCUT2D eigenvalue weighted by atomic mass is 16.4. The number of hydrogen-bond donors (Lipinski definition) is 7. The van der Waals surface area contributed by atoms with Crippen molar-refractivity contribution in [2.45, 2.75) is 96.6 Å². The zero-order valence-corrected chi connectivity index (χ0v) is 22.8. The minimum Gasteiger partial charge on any atom is -0.480 e. The van der Waals surface area contributed by atoms with E-state index < -0.39 is 41.7 Å². The molecule has 0 heterocycles. The summed E-state index contributed by atoms with van der Waals surface area (Å²) in [5.41, 5.74) is 0. The Morgan fingerprint density at radius 2 is 0.974 bits per heavy atom. The molecule has 2 atom stereocenters. The van der Waals surface area contributed by atoms with Crippen LogP contribution in [0.2, 0.25) is 0 Å². The summed E-state index contributed by atoms with van der Waals surface area (Å²) in [6, 6.07) is -2.44. The first-order chi connectivity index (χ1) is 18.5. The molecule has 0 fully saturated rings. The molecule has 0 aromatic heterocycles. The van der Waals surface area contributed by atoms with E-state index in [1.54, 1.807) is 0 Å². The molecular formula is C25H43N5O9. The fourth-order valence-electron chi connectivity index (χ4n) is 3.40. The first-order valence-corrected chi connectivity index (χ1v) is 13.3. The van der Waals surface area contributed by atoms with Crippen molar-refractivity contribution >= 4 is 41.5 Å². The van der Waals surface area contributed by atoms with E-state index in [-0.39, 0.29) is 69.8 Å². The maximum atomic E-state index is 12.1. The van der Waals surface area contributed by atoms with Crippen LogP contribution in [0.1, 0.15) is 84.5 Å². The van der Waals surface area contributed by atoms with Crippen molar-refractivity contribution in [2.75, 3.05) is 19.6 Å². The molecule has 0 aromatic carbocycles. The number of hydrogen-bond acceptors (Lipinski definition) is 7. The van der Waals surface area contributed by atoms with E-state index in [1.165, 1.54) is 6.92 Å². The normalized spacial score (nSPS) is 11.9. The minimum atomic E-state index is -1.28. The van der Waals surface area contributed by atoms with Crippen molar-refractivity contribution in [2.24, 2.45) is 0 Å². The molecule has 14 heteroatoms. The van der Waals surface area contributed by atoms with Gasteiger partial charge in [0.2, 0.25) is 29.5 Å². The summed E-state index contributed by atoms with van der Waals surface area (Å²) >= 11 is 0. The van der Waals surface area contributed by atoms with Gasteiger partial charge in [-0.05, 0) is 32.1 Å². The Bertz CT molecular complexity index is 835. The molecule has 0 aliphatic carbocycles. The van der Waals surface area contributed by atoms with Gasteiger partial charge in [0.25, 0.3) is 0 Å². The highest BCUT2D eigenvalue weighted by Gasteiger charge is 2.21. The van der Waals surface area contributed by atoms with Crippen molar-refractivity contribution in [1.82, 2.24) is 26.6 Å². The van der Waals surface area contributed by atoms with E-state index in [0.717, 1.165) is 19.3 Å². The predicted octanol–water partition coefficient (Wildman–Crippen LogP) is -0.195. The summed E-state index contributed by atoms with van der Waals surface area (Å²) in [6.45, 7) is 4.27. The Morgan fingerprint density at radius 3 is 1.41 bits per heavy atom. The van der Waals surface area contributed by atoms with E-state index in [0.29, 0.717) is 13.0 Å². The van der Waals surface area contributed by atoms with Crippen LogP contribution in [0.4, 0.5) is 0 Å². The SMILES string of the molecule is CCCCCNC(=O)CCCNC(=O)CCC(NC(=O)CCCNC(=O)CCC(NC(C)=O)C(=O)O)C(=O)O. The second kappa shape index (κ2) is 21.2. The van der Waals surface area contributed by atoms with Crippen LogP contribution < -0.4 is 26.6 Å². The van der Waals surface area contributed by atoms with Crippen molar-refractivity contribution < 1.29 is 43.8 Å². The topological polar surface area (TPSA) is 220 Å². The largest absolute Gasteiger partial charge is 0.480 e. The smallest absolute Gasteiger partial charge is 0.326 e. The summed E-state index contributed by atoms with van der Waals surface area (Å²) in [5.74, 6) is -4.53. The van der Waals surface area contributed by atoms with Crippen LogP contribution in [-0.4, -0.2) is 83.4 Å². The number of carboxylic acids is 2. The number of unbranched alkanes of at least 4 members (excludes halogenated alkanes) is 2. The van der Waals surface area contributed by atoms with E-state index >= 15 is 0 Å². The highest BCUT2D eigenvalue weighted by Crippen LogP contribution is 2.02. The molecule has 0 spiro atoms. The van der Waals surface area contributed by atoms with Crippen molar-refractivity contribution in [3.63, 3.8) is 0 Å². The Morgan fingerprint density at radius 1 is 0.564 bits per heavy atom. The molecule has 5 amide bonds. The summed E-state index contributed by atoms with van der Waals surface area (Å²) in [5, 5.41) is 30.9. The quantitative estimate of drug-likeness (QED) is 0.0875. The number of rotatable bonds is 22. The van der Waals surface area contributed by atoms with E-state index in [2.05, 4.69) is 33.5 Å². The lowest BCUT2D eigenvalue weighted by Gasteiger charge is -2.15. The number of aliphatic carboxylic acids is 2. The van der Waals surface area contributed by atoms with Gasteiger partial charge in [-0.2, -0.15) is 0 Å². The van der Waals surface area contributed by atoms with Crippen LogP contribution in [0.15, 0.2) is 0 Å². The number of amides is 5. The van der Waals surface area contributed by atoms with Crippen LogP contribution >= 0.6 is 0 Å².